The highest BCUT2D eigenvalue weighted by Gasteiger charge is 2.30. The number of fused-ring (bicyclic) bond motifs is 1. The zero-order valence-electron chi connectivity index (χ0n) is 16.8. The summed E-state index contributed by atoms with van der Waals surface area (Å²) < 4.78 is 0. The van der Waals surface area contributed by atoms with Crippen LogP contribution >= 0.6 is 0 Å². The maximum Gasteiger partial charge on any atom is 0.247 e. The molecule has 3 N–H and O–H groups in total. The Kier molecular flexibility index (Phi) is 6.47. The highest BCUT2D eigenvalue weighted by molar-refractivity contribution is 5.98. The van der Waals surface area contributed by atoms with Crippen molar-refractivity contribution in [3.05, 3.63) is 65.2 Å². The molecule has 0 spiro atoms. The van der Waals surface area contributed by atoms with Crippen molar-refractivity contribution in [2.45, 2.75) is 52.2 Å². The fraction of sp³-hybridized carbons (Fsp3) is 0.391. The van der Waals surface area contributed by atoms with E-state index in [4.69, 9.17) is 0 Å². The predicted octanol–water partition coefficient (Wildman–Crippen LogP) is 3.18. The Morgan fingerprint density at radius 3 is 2.46 bits per heavy atom. The largest absolute Gasteiger partial charge is 0.343 e. The Morgan fingerprint density at radius 1 is 1.11 bits per heavy atom. The lowest BCUT2D eigenvalue weighted by molar-refractivity contribution is -0.129. The first-order chi connectivity index (χ1) is 13.5. The lowest BCUT2D eigenvalue weighted by Gasteiger charge is -2.29. The topological polar surface area (TPSA) is 70.2 Å². The molecule has 1 heterocycles. The zero-order valence-corrected chi connectivity index (χ0v) is 16.8. The molecule has 0 unspecified atom stereocenters. The quantitative estimate of drug-likeness (QED) is 0.722. The van der Waals surface area contributed by atoms with Crippen LogP contribution in [0.2, 0.25) is 0 Å². The molecule has 0 saturated carbocycles. The third kappa shape index (κ3) is 4.78. The van der Waals surface area contributed by atoms with Gasteiger partial charge in [-0.05, 0) is 42.5 Å². The molecule has 0 fully saturated rings. The number of hydrogen-bond acceptors (Lipinski definition) is 3. The van der Waals surface area contributed by atoms with Gasteiger partial charge >= 0.3 is 0 Å². The Balaban J connectivity index is 1.67. The minimum atomic E-state index is -0.572. The molecular formula is C23H29N3O2. The van der Waals surface area contributed by atoms with Crippen LogP contribution in [0.3, 0.4) is 0 Å². The molecule has 0 bridgehead atoms. The number of nitrogens with one attached hydrogen (secondary N) is 3. The molecule has 5 nitrogen and oxygen atoms in total. The summed E-state index contributed by atoms with van der Waals surface area (Å²) >= 11 is 0. The van der Waals surface area contributed by atoms with Crippen LogP contribution in [-0.4, -0.2) is 23.9 Å². The summed E-state index contributed by atoms with van der Waals surface area (Å²) in [4.78, 5) is 25.8. The smallest absolute Gasteiger partial charge is 0.247 e. The Labute approximate surface area is 166 Å². The normalized spacial score (nSPS) is 17.9. The first-order valence-electron chi connectivity index (χ1n) is 9.96. The SMILES string of the molecule is CC[C@H](C)[C@H](NC(=O)[C@H]1Cc2ccccc2CN1)C(=O)Nc1ccc(C)cc1. The molecule has 1 aliphatic heterocycles. The van der Waals surface area contributed by atoms with E-state index in [1.807, 2.05) is 57.2 Å². The van der Waals surface area contributed by atoms with E-state index < -0.39 is 6.04 Å². The number of carbonyl (C=O) groups excluding carboxylic acids is 2. The van der Waals surface area contributed by atoms with Gasteiger partial charge in [0.2, 0.25) is 11.8 Å². The van der Waals surface area contributed by atoms with Gasteiger partial charge in [0.15, 0.2) is 0 Å². The summed E-state index contributed by atoms with van der Waals surface area (Å²) in [5.41, 5.74) is 4.28. The summed E-state index contributed by atoms with van der Waals surface area (Å²) in [7, 11) is 0. The van der Waals surface area contributed by atoms with Crippen molar-refractivity contribution >= 4 is 17.5 Å². The summed E-state index contributed by atoms with van der Waals surface area (Å²) in [5.74, 6) is -0.271. The second-order valence-corrected chi connectivity index (χ2v) is 7.63. The van der Waals surface area contributed by atoms with Gasteiger partial charge in [0.05, 0.1) is 6.04 Å². The standard InChI is InChI=1S/C23H29N3O2/c1-4-16(3)21(23(28)25-19-11-9-15(2)10-12-19)26-22(27)20-13-17-7-5-6-8-18(17)14-24-20/h5-12,16,20-21,24H,4,13-14H2,1-3H3,(H,25,28)(H,26,27)/t16-,20+,21-/m0/s1. The Morgan fingerprint density at radius 2 is 1.79 bits per heavy atom. The second-order valence-electron chi connectivity index (χ2n) is 7.63. The van der Waals surface area contributed by atoms with Crippen LogP contribution in [0.1, 0.15) is 37.0 Å². The molecule has 0 aliphatic carbocycles. The fourth-order valence-corrected chi connectivity index (χ4v) is 3.45. The number of benzene rings is 2. The van der Waals surface area contributed by atoms with Crippen molar-refractivity contribution in [3.63, 3.8) is 0 Å². The molecule has 2 amide bonds. The van der Waals surface area contributed by atoms with Gasteiger partial charge in [-0.25, -0.2) is 0 Å². The molecule has 148 valence electrons. The maximum atomic E-state index is 12.9. The first kappa shape index (κ1) is 20.1. The van der Waals surface area contributed by atoms with Crippen molar-refractivity contribution < 1.29 is 9.59 Å². The molecule has 28 heavy (non-hydrogen) atoms. The molecule has 0 aromatic heterocycles. The van der Waals surface area contributed by atoms with Crippen LogP contribution in [0.5, 0.6) is 0 Å². The average molecular weight is 380 g/mol. The van der Waals surface area contributed by atoms with Crippen LogP contribution in [0.15, 0.2) is 48.5 Å². The molecule has 3 rings (SSSR count). The van der Waals surface area contributed by atoms with Gasteiger partial charge < -0.3 is 16.0 Å². The van der Waals surface area contributed by atoms with E-state index in [0.29, 0.717) is 13.0 Å². The summed E-state index contributed by atoms with van der Waals surface area (Å²) in [5, 5.41) is 9.21. The number of hydrogen-bond donors (Lipinski definition) is 3. The minimum absolute atomic E-state index is 0.0327. The van der Waals surface area contributed by atoms with Gasteiger partial charge in [0.1, 0.15) is 6.04 Å². The zero-order chi connectivity index (χ0) is 20.1. The number of aryl methyl sites for hydroxylation is 1. The highest BCUT2D eigenvalue weighted by Crippen LogP contribution is 2.18. The predicted molar refractivity (Wildman–Crippen MR) is 112 cm³/mol. The number of rotatable bonds is 6. The molecule has 5 heteroatoms. The van der Waals surface area contributed by atoms with Crippen LogP contribution in [-0.2, 0) is 22.6 Å². The van der Waals surface area contributed by atoms with E-state index in [1.54, 1.807) is 0 Å². The van der Waals surface area contributed by atoms with E-state index >= 15 is 0 Å². The van der Waals surface area contributed by atoms with E-state index in [1.165, 1.54) is 11.1 Å². The number of amides is 2. The van der Waals surface area contributed by atoms with Crippen molar-refractivity contribution in [2.24, 2.45) is 5.92 Å². The number of carbonyl (C=O) groups is 2. The third-order valence-electron chi connectivity index (χ3n) is 5.51. The van der Waals surface area contributed by atoms with Gasteiger partial charge in [-0.1, -0.05) is 62.2 Å². The van der Waals surface area contributed by atoms with Gasteiger partial charge in [-0.15, -0.1) is 0 Å². The van der Waals surface area contributed by atoms with Crippen molar-refractivity contribution in [2.75, 3.05) is 5.32 Å². The lowest BCUT2D eigenvalue weighted by atomic mass is 9.94. The van der Waals surface area contributed by atoms with Crippen LogP contribution in [0.25, 0.3) is 0 Å². The average Bonchev–Trinajstić information content (AvgIpc) is 2.72. The van der Waals surface area contributed by atoms with E-state index in [9.17, 15) is 9.59 Å². The van der Waals surface area contributed by atoms with E-state index in [-0.39, 0.29) is 23.8 Å². The van der Waals surface area contributed by atoms with Gasteiger partial charge in [-0.3, -0.25) is 9.59 Å². The summed E-state index contributed by atoms with van der Waals surface area (Å²) in [6, 6.07) is 14.9. The Hall–Kier alpha value is -2.66. The monoisotopic (exact) mass is 379 g/mol. The van der Waals surface area contributed by atoms with Gasteiger partial charge in [-0.2, -0.15) is 0 Å². The van der Waals surface area contributed by atoms with Crippen molar-refractivity contribution in [3.8, 4) is 0 Å². The van der Waals surface area contributed by atoms with Crippen LogP contribution < -0.4 is 16.0 Å². The summed E-state index contributed by atoms with van der Waals surface area (Å²) in [6.07, 6.45) is 1.43. The molecule has 2 aromatic carbocycles. The molecular weight excluding hydrogens is 350 g/mol. The third-order valence-corrected chi connectivity index (χ3v) is 5.51. The van der Waals surface area contributed by atoms with Crippen molar-refractivity contribution in [1.82, 2.24) is 10.6 Å². The van der Waals surface area contributed by atoms with Crippen LogP contribution in [0.4, 0.5) is 5.69 Å². The van der Waals surface area contributed by atoms with Gasteiger partial charge in [0, 0.05) is 12.2 Å². The molecule has 0 radical (unpaired) electrons. The van der Waals surface area contributed by atoms with Crippen LogP contribution in [0, 0.1) is 12.8 Å². The molecule has 2 aromatic rings. The fourth-order valence-electron chi connectivity index (χ4n) is 3.45. The first-order valence-corrected chi connectivity index (χ1v) is 9.96. The second kappa shape index (κ2) is 9.02. The number of anilines is 1. The lowest BCUT2D eigenvalue weighted by Crippen LogP contribution is -2.55. The van der Waals surface area contributed by atoms with E-state index in [2.05, 4.69) is 28.1 Å². The minimum Gasteiger partial charge on any atom is -0.343 e. The molecule has 3 atom stereocenters. The Bertz CT molecular complexity index is 832. The van der Waals surface area contributed by atoms with Crippen molar-refractivity contribution in [1.29, 1.82) is 0 Å². The molecule has 1 aliphatic rings. The molecule has 0 saturated heterocycles. The van der Waals surface area contributed by atoms with Gasteiger partial charge in [0.25, 0.3) is 0 Å². The van der Waals surface area contributed by atoms with E-state index in [0.717, 1.165) is 17.7 Å². The maximum absolute atomic E-state index is 12.9. The summed E-state index contributed by atoms with van der Waals surface area (Å²) in [6.45, 7) is 6.68. The highest BCUT2D eigenvalue weighted by atomic mass is 16.2.